The molecule has 0 spiro atoms. The fourth-order valence-corrected chi connectivity index (χ4v) is 4.98. The van der Waals surface area contributed by atoms with Gasteiger partial charge in [0, 0.05) is 12.5 Å². The highest BCUT2D eigenvalue weighted by Gasteiger charge is 2.32. The highest BCUT2D eigenvalue weighted by molar-refractivity contribution is 5.80. The molecule has 1 atom stereocenters. The van der Waals surface area contributed by atoms with Gasteiger partial charge in [0.25, 0.3) is 5.56 Å². The van der Waals surface area contributed by atoms with Gasteiger partial charge in [0.05, 0.1) is 29.7 Å². The van der Waals surface area contributed by atoms with Gasteiger partial charge in [-0.2, -0.15) is 0 Å². The summed E-state index contributed by atoms with van der Waals surface area (Å²) in [5.41, 5.74) is 1.24. The highest BCUT2D eigenvalue weighted by atomic mass is 16.5. The van der Waals surface area contributed by atoms with E-state index in [9.17, 15) is 9.59 Å². The number of ether oxygens (including phenoxy) is 1. The Labute approximate surface area is 201 Å². The number of amides is 1. The molecule has 4 rings (SSSR count). The standard InChI is InChI=1S/C28H35N3O3/c1-4-5-10-19-30(27(32)21-11-6-7-12-21)20(2)26-29-25-14-9-8-13-24(25)28(33)31(26)22-15-17-23(34-3)18-16-22/h8-9,13-18,20-21H,4-7,10-12,19H2,1-3H3. The molecule has 1 aliphatic rings. The Morgan fingerprint density at radius 1 is 1.12 bits per heavy atom. The zero-order valence-electron chi connectivity index (χ0n) is 20.5. The molecule has 0 bridgehead atoms. The molecule has 3 aromatic rings. The lowest BCUT2D eigenvalue weighted by Crippen LogP contribution is -2.40. The van der Waals surface area contributed by atoms with Gasteiger partial charge in [-0.1, -0.05) is 44.7 Å². The van der Waals surface area contributed by atoms with Crippen LogP contribution in [0.2, 0.25) is 0 Å². The van der Waals surface area contributed by atoms with Gasteiger partial charge in [-0.05, 0) is 62.6 Å². The molecule has 0 aliphatic heterocycles. The molecule has 2 aromatic carbocycles. The Hall–Kier alpha value is -3.15. The summed E-state index contributed by atoms with van der Waals surface area (Å²) in [4.78, 5) is 34.3. The first-order valence-electron chi connectivity index (χ1n) is 12.5. The molecule has 1 heterocycles. The smallest absolute Gasteiger partial charge is 0.266 e. The van der Waals surface area contributed by atoms with Gasteiger partial charge in [-0.15, -0.1) is 0 Å². The first kappa shape index (κ1) is 24.0. The number of rotatable bonds is 9. The Morgan fingerprint density at radius 2 is 1.82 bits per heavy atom. The lowest BCUT2D eigenvalue weighted by molar-refractivity contribution is -0.137. The van der Waals surface area contributed by atoms with E-state index in [1.807, 2.05) is 60.4 Å². The van der Waals surface area contributed by atoms with Crippen LogP contribution in [0.4, 0.5) is 0 Å². The van der Waals surface area contributed by atoms with Crippen LogP contribution in [0.15, 0.2) is 53.3 Å². The van der Waals surface area contributed by atoms with E-state index in [1.165, 1.54) is 0 Å². The third kappa shape index (κ3) is 4.86. The number of hydrogen-bond acceptors (Lipinski definition) is 4. The lowest BCUT2D eigenvalue weighted by atomic mass is 10.0. The van der Waals surface area contributed by atoms with Gasteiger partial charge in [0.15, 0.2) is 0 Å². The number of hydrogen-bond donors (Lipinski definition) is 0. The molecule has 1 fully saturated rings. The number of fused-ring (bicyclic) bond motifs is 1. The van der Waals surface area contributed by atoms with Gasteiger partial charge < -0.3 is 9.64 Å². The molecule has 1 saturated carbocycles. The van der Waals surface area contributed by atoms with E-state index in [0.717, 1.165) is 50.7 Å². The average Bonchev–Trinajstić information content (AvgIpc) is 3.41. The second kappa shape index (κ2) is 10.9. The summed E-state index contributed by atoms with van der Waals surface area (Å²) in [6.07, 6.45) is 7.22. The van der Waals surface area contributed by atoms with E-state index in [-0.39, 0.29) is 23.4 Å². The summed E-state index contributed by atoms with van der Waals surface area (Å²) < 4.78 is 6.98. The molecular weight excluding hydrogens is 426 g/mol. The van der Waals surface area contributed by atoms with Crippen molar-refractivity contribution in [3.8, 4) is 11.4 Å². The van der Waals surface area contributed by atoms with Crippen molar-refractivity contribution in [1.29, 1.82) is 0 Å². The quantitative estimate of drug-likeness (QED) is 0.386. The summed E-state index contributed by atoms with van der Waals surface area (Å²) in [6.45, 7) is 4.85. The molecule has 1 unspecified atom stereocenters. The maximum Gasteiger partial charge on any atom is 0.266 e. The highest BCUT2D eigenvalue weighted by Crippen LogP contribution is 2.31. The van der Waals surface area contributed by atoms with Crippen LogP contribution in [0.3, 0.4) is 0 Å². The number of para-hydroxylation sites is 1. The summed E-state index contributed by atoms with van der Waals surface area (Å²) in [5, 5.41) is 0.564. The molecule has 1 aliphatic carbocycles. The fourth-order valence-electron chi connectivity index (χ4n) is 4.98. The Kier molecular flexibility index (Phi) is 7.66. The molecular formula is C28H35N3O3. The predicted molar refractivity (Wildman–Crippen MR) is 136 cm³/mol. The van der Waals surface area contributed by atoms with Gasteiger partial charge in [-0.3, -0.25) is 14.2 Å². The number of nitrogens with zero attached hydrogens (tertiary/aromatic N) is 3. The largest absolute Gasteiger partial charge is 0.497 e. The van der Waals surface area contributed by atoms with Crippen LogP contribution in [0.5, 0.6) is 5.75 Å². The fraction of sp³-hybridized carbons (Fsp3) is 0.464. The zero-order valence-corrected chi connectivity index (χ0v) is 20.5. The molecule has 180 valence electrons. The second-order valence-electron chi connectivity index (χ2n) is 9.22. The van der Waals surface area contributed by atoms with Gasteiger partial charge in [0.2, 0.25) is 5.91 Å². The normalized spacial score (nSPS) is 14.9. The summed E-state index contributed by atoms with van der Waals surface area (Å²) in [6, 6.07) is 14.5. The first-order chi connectivity index (χ1) is 16.5. The van der Waals surface area contributed by atoms with E-state index in [1.54, 1.807) is 11.7 Å². The summed E-state index contributed by atoms with van der Waals surface area (Å²) >= 11 is 0. The number of methoxy groups -OCH3 is 1. The third-order valence-corrected chi connectivity index (χ3v) is 6.96. The SMILES string of the molecule is CCCCCN(C(=O)C1CCCC1)C(C)c1nc2ccccc2c(=O)n1-c1ccc(OC)cc1. The van der Waals surface area contributed by atoms with Crippen molar-refractivity contribution in [1.82, 2.24) is 14.5 Å². The van der Waals surface area contributed by atoms with Crippen molar-refractivity contribution in [2.45, 2.75) is 64.8 Å². The molecule has 1 aromatic heterocycles. The van der Waals surface area contributed by atoms with E-state index >= 15 is 0 Å². The molecule has 6 heteroatoms. The summed E-state index contributed by atoms with van der Waals surface area (Å²) in [5.74, 6) is 1.59. The van der Waals surface area contributed by atoms with E-state index in [0.29, 0.717) is 29.0 Å². The van der Waals surface area contributed by atoms with Crippen LogP contribution in [0.1, 0.15) is 70.7 Å². The first-order valence-corrected chi connectivity index (χ1v) is 12.5. The number of carbonyl (C=O) groups excluding carboxylic acids is 1. The third-order valence-electron chi connectivity index (χ3n) is 6.96. The molecule has 6 nitrogen and oxygen atoms in total. The van der Waals surface area contributed by atoms with Gasteiger partial charge in [0.1, 0.15) is 11.6 Å². The van der Waals surface area contributed by atoms with Crippen molar-refractivity contribution >= 4 is 16.8 Å². The number of carbonyl (C=O) groups is 1. The van der Waals surface area contributed by atoms with Crippen LogP contribution in [-0.2, 0) is 4.79 Å². The molecule has 0 radical (unpaired) electrons. The summed E-state index contributed by atoms with van der Waals surface area (Å²) in [7, 11) is 1.62. The zero-order chi connectivity index (χ0) is 24.1. The molecule has 1 amide bonds. The minimum absolute atomic E-state index is 0.0747. The topological polar surface area (TPSA) is 64.4 Å². The van der Waals surface area contributed by atoms with Crippen LogP contribution in [0.25, 0.3) is 16.6 Å². The molecule has 0 N–H and O–H groups in total. The van der Waals surface area contributed by atoms with Crippen molar-refractivity contribution in [2.75, 3.05) is 13.7 Å². The molecule has 34 heavy (non-hydrogen) atoms. The number of unbranched alkanes of at least 4 members (excludes halogenated alkanes) is 2. The van der Waals surface area contributed by atoms with Crippen molar-refractivity contribution in [3.05, 3.63) is 64.7 Å². The lowest BCUT2D eigenvalue weighted by Gasteiger charge is -2.32. The van der Waals surface area contributed by atoms with Crippen LogP contribution in [-0.4, -0.2) is 34.0 Å². The second-order valence-corrected chi connectivity index (χ2v) is 9.22. The average molecular weight is 462 g/mol. The van der Waals surface area contributed by atoms with Crippen LogP contribution >= 0.6 is 0 Å². The van der Waals surface area contributed by atoms with Crippen LogP contribution < -0.4 is 10.3 Å². The Bertz CT molecular complexity index is 1180. The van der Waals surface area contributed by atoms with Crippen molar-refractivity contribution in [3.63, 3.8) is 0 Å². The Morgan fingerprint density at radius 3 is 2.50 bits per heavy atom. The van der Waals surface area contributed by atoms with Crippen molar-refractivity contribution in [2.24, 2.45) is 5.92 Å². The predicted octanol–water partition coefficient (Wildman–Crippen LogP) is 5.66. The maximum atomic E-state index is 13.7. The van der Waals surface area contributed by atoms with E-state index in [4.69, 9.17) is 9.72 Å². The van der Waals surface area contributed by atoms with Crippen molar-refractivity contribution < 1.29 is 9.53 Å². The van der Waals surface area contributed by atoms with Gasteiger partial charge >= 0.3 is 0 Å². The number of aromatic nitrogens is 2. The maximum absolute atomic E-state index is 13.7. The van der Waals surface area contributed by atoms with Crippen LogP contribution in [0, 0.1) is 5.92 Å². The minimum atomic E-state index is -0.329. The molecule has 0 saturated heterocycles. The van der Waals surface area contributed by atoms with E-state index in [2.05, 4.69) is 6.92 Å². The Balaban J connectivity index is 1.83. The van der Waals surface area contributed by atoms with E-state index < -0.39 is 0 Å². The van der Waals surface area contributed by atoms with Gasteiger partial charge in [-0.25, -0.2) is 4.98 Å². The monoisotopic (exact) mass is 461 g/mol. The number of benzene rings is 2. The minimum Gasteiger partial charge on any atom is -0.497 e.